The Kier molecular flexibility index (Phi) is 9.64. The summed E-state index contributed by atoms with van der Waals surface area (Å²) < 4.78 is 26.5. The molecule has 0 saturated heterocycles. The Bertz CT molecular complexity index is 841. The molecule has 2 aromatic rings. The Hall–Kier alpha value is -1.40. The van der Waals surface area contributed by atoms with Crippen LogP contribution in [0.4, 0.5) is 0 Å². The van der Waals surface area contributed by atoms with Crippen LogP contribution in [0.15, 0.2) is 48.5 Å². The first-order valence-electron chi connectivity index (χ1n) is 9.37. The van der Waals surface area contributed by atoms with Gasteiger partial charge in [-0.3, -0.25) is 0 Å². The molecule has 0 fully saturated rings. The summed E-state index contributed by atoms with van der Waals surface area (Å²) >= 11 is 0. The van der Waals surface area contributed by atoms with E-state index >= 15 is 0 Å². The summed E-state index contributed by atoms with van der Waals surface area (Å²) in [5.41, 5.74) is 11.4. The summed E-state index contributed by atoms with van der Waals surface area (Å²) in [6, 6.07) is 16.9. The maximum Gasteiger partial charge on any atom is 0.211 e. The van der Waals surface area contributed by atoms with Crippen molar-refractivity contribution < 1.29 is 8.42 Å². The smallest absolute Gasteiger partial charge is 0.211 e. The van der Waals surface area contributed by atoms with Gasteiger partial charge in [0.1, 0.15) is 0 Å². The van der Waals surface area contributed by atoms with Crippen molar-refractivity contribution >= 4 is 22.4 Å². The number of benzene rings is 2. The number of hydrogen-bond donors (Lipinski definition) is 2. The van der Waals surface area contributed by atoms with Crippen molar-refractivity contribution in [1.82, 2.24) is 4.72 Å². The van der Waals surface area contributed by atoms with Crippen LogP contribution in [0.5, 0.6) is 0 Å². The maximum atomic E-state index is 11.9. The lowest BCUT2D eigenvalue weighted by atomic mass is 9.76. The molecule has 2 unspecified atom stereocenters. The molecule has 0 saturated carbocycles. The standard InChI is InChI=1S/C21H28N2O2S.CH4.ClH/c1-2-12-26(24,25)23-15-17-8-9-18-10-11-21(22)20(19(18)14-17)13-16-6-4-3-5-7-16;;/h3-9,14,20-21,23H,2,10-13,15,22H2,1H3;1H4;1H. The molecule has 2 aromatic carbocycles. The van der Waals surface area contributed by atoms with Gasteiger partial charge in [-0.05, 0) is 47.9 Å². The largest absolute Gasteiger partial charge is 0.327 e. The van der Waals surface area contributed by atoms with Crippen molar-refractivity contribution in [3.8, 4) is 0 Å². The third-order valence-corrected chi connectivity index (χ3v) is 6.67. The van der Waals surface area contributed by atoms with Gasteiger partial charge in [-0.15, -0.1) is 12.4 Å². The van der Waals surface area contributed by atoms with Gasteiger partial charge < -0.3 is 5.73 Å². The second-order valence-corrected chi connectivity index (χ2v) is 9.10. The van der Waals surface area contributed by atoms with Crippen molar-refractivity contribution in [2.45, 2.75) is 58.5 Å². The molecule has 6 heteroatoms. The Morgan fingerprint density at radius 3 is 2.50 bits per heavy atom. The van der Waals surface area contributed by atoms with Gasteiger partial charge in [-0.1, -0.05) is 62.9 Å². The molecule has 0 heterocycles. The predicted octanol–water partition coefficient (Wildman–Crippen LogP) is 4.17. The SMILES string of the molecule is C.CCCS(=O)(=O)NCc1ccc2c(c1)C(Cc1ccccc1)C(N)CC2.Cl. The fourth-order valence-corrected chi connectivity index (χ4v) is 4.81. The van der Waals surface area contributed by atoms with Gasteiger partial charge in [0.15, 0.2) is 0 Å². The first-order valence-corrected chi connectivity index (χ1v) is 11.0. The van der Waals surface area contributed by atoms with Gasteiger partial charge in [0.25, 0.3) is 0 Å². The minimum absolute atomic E-state index is 0. The summed E-state index contributed by atoms with van der Waals surface area (Å²) in [6.07, 6.45) is 3.52. The summed E-state index contributed by atoms with van der Waals surface area (Å²) in [5, 5.41) is 0. The van der Waals surface area contributed by atoms with Gasteiger partial charge in [0.05, 0.1) is 5.75 Å². The molecule has 28 heavy (non-hydrogen) atoms. The molecule has 0 bridgehead atoms. The average Bonchev–Trinajstić information content (AvgIpc) is 2.63. The first kappa shape index (κ1) is 24.6. The van der Waals surface area contributed by atoms with E-state index in [2.05, 4.69) is 41.1 Å². The number of sulfonamides is 1. The lowest BCUT2D eigenvalue weighted by Gasteiger charge is -2.32. The van der Waals surface area contributed by atoms with E-state index in [4.69, 9.17) is 5.73 Å². The van der Waals surface area contributed by atoms with E-state index in [0.29, 0.717) is 13.0 Å². The van der Waals surface area contributed by atoms with E-state index in [-0.39, 0.29) is 37.5 Å². The second kappa shape index (κ2) is 11.0. The topological polar surface area (TPSA) is 72.2 Å². The van der Waals surface area contributed by atoms with Crippen LogP contribution in [0.25, 0.3) is 0 Å². The number of fused-ring (bicyclic) bond motifs is 1. The molecule has 1 aliphatic carbocycles. The monoisotopic (exact) mass is 424 g/mol. The van der Waals surface area contributed by atoms with Gasteiger partial charge in [-0.25, -0.2) is 13.1 Å². The molecule has 4 nitrogen and oxygen atoms in total. The minimum Gasteiger partial charge on any atom is -0.327 e. The van der Waals surface area contributed by atoms with Crippen molar-refractivity contribution in [1.29, 1.82) is 0 Å². The van der Waals surface area contributed by atoms with E-state index in [1.807, 2.05) is 19.1 Å². The highest BCUT2D eigenvalue weighted by atomic mass is 35.5. The number of rotatable bonds is 7. The van der Waals surface area contributed by atoms with Crippen LogP contribution in [-0.2, 0) is 29.4 Å². The number of nitrogens with two attached hydrogens (primary N) is 1. The van der Waals surface area contributed by atoms with E-state index in [1.165, 1.54) is 16.7 Å². The van der Waals surface area contributed by atoms with Gasteiger partial charge in [-0.2, -0.15) is 0 Å². The van der Waals surface area contributed by atoms with E-state index in [1.54, 1.807) is 0 Å². The van der Waals surface area contributed by atoms with Crippen LogP contribution in [0, 0.1) is 0 Å². The third kappa shape index (κ3) is 6.31. The molecular weight excluding hydrogens is 392 g/mol. The lowest BCUT2D eigenvalue weighted by molar-refractivity contribution is 0.467. The van der Waals surface area contributed by atoms with Crippen molar-refractivity contribution in [2.75, 3.05) is 5.75 Å². The highest BCUT2D eigenvalue weighted by molar-refractivity contribution is 7.89. The zero-order chi connectivity index (χ0) is 18.6. The molecule has 0 aliphatic heterocycles. The van der Waals surface area contributed by atoms with Crippen LogP contribution in [-0.4, -0.2) is 20.2 Å². The number of aryl methyl sites for hydroxylation is 1. The minimum atomic E-state index is -3.20. The third-order valence-electron chi connectivity index (χ3n) is 5.14. The normalized spacial score (nSPS) is 18.5. The quantitative estimate of drug-likeness (QED) is 0.700. The molecule has 3 N–H and O–H groups in total. The molecule has 3 rings (SSSR count). The fourth-order valence-electron chi connectivity index (χ4n) is 3.74. The molecule has 0 radical (unpaired) electrons. The van der Waals surface area contributed by atoms with E-state index in [0.717, 1.165) is 24.8 Å². The lowest BCUT2D eigenvalue weighted by Crippen LogP contribution is -2.34. The summed E-state index contributed by atoms with van der Waals surface area (Å²) in [4.78, 5) is 0. The molecule has 0 aromatic heterocycles. The van der Waals surface area contributed by atoms with Crippen molar-refractivity contribution in [3.05, 3.63) is 70.8 Å². The Labute approximate surface area is 176 Å². The molecule has 0 amide bonds. The molecular formula is C22H33ClN2O2S. The van der Waals surface area contributed by atoms with Crippen LogP contribution in [0.1, 0.15) is 55.4 Å². The van der Waals surface area contributed by atoms with Crippen molar-refractivity contribution in [3.63, 3.8) is 0 Å². The molecule has 2 atom stereocenters. The Morgan fingerprint density at radius 2 is 1.82 bits per heavy atom. The van der Waals surface area contributed by atoms with Gasteiger partial charge in [0.2, 0.25) is 10.0 Å². The highest BCUT2D eigenvalue weighted by Gasteiger charge is 2.27. The molecule has 156 valence electrons. The maximum absolute atomic E-state index is 11.9. The van der Waals surface area contributed by atoms with Crippen LogP contribution in [0.2, 0.25) is 0 Å². The number of nitrogens with one attached hydrogen (secondary N) is 1. The van der Waals surface area contributed by atoms with Gasteiger partial charge in [0, 0.05) is 18.5 Å². The number of halogens is 1. The number of hydrogen-bond acceptors (Lipinski definition) is 3. The Morgan fingerprint density at radius 1 is 1.11 bits per heavy atom. The van der Waals surface area contributed by atoms with Crippen LogP contribution in [0.3, 0.4) is 0 Å². The fraction of sp³-hybridized carbons (Fsp3) is 0.455. The summed E-state index contributed by atoms with van der Waals surface area (Å²) in [6.45, 7) is 2.20. The van der Waals surface area contributed by atoms with E-state index < -0.39 is 10.0 Å². The van der Waals surface area contributed by atoms with Gasteiger partial charge >= 0.3 is 0 Å². The zero-order valence-corrected chi connectivity index (χ0v) is 17.4. The molecule has 0 spiro atoms. The Balaban J connectivity index is 0.00000196. The van der Waals surface area contributed by atoms with Crippen LogP contribution >= 0.6 is 12.4 Å². The zero-order valence-electron chi connectivity index (χ0n) is 15.7. The summed E-state index contributed by atoms with van der Waals surface area (Å²) in [7, 11) is -3.20. The van der Waals surface area contributed by atoms with Crippen LogP contribution < -0.4 is 10.5 Å². The molecule has 1 aliphatic rings. The second-order valence-electron chi connectivity index (χ2n) is 7.17. The predicted molar refractivity (Wildman–Crippen MR) is 121 cm³/mol. The first-order chi connectivity index (χ1) is 12.5. The summed E-state index contributed by atoms with van der Waals surface area (Å²) in [5.74, 6) is 0.438. The van der Waals surface area contributed by atoms with Crippen molar-refractivity contribution in [2.24, 2.45) is 5.73 Å². The van der Waals surface area contributed by atoms with E-state index in [9.17, 15) is 8.42 Å². The highest BCUT2D eigenvalue weighted by Crippen LogP contribution is 2.34. The average molecular weight is 425 g/mol.